The summed E-state index contributed by atoms with van der Waals surface area (Å²) in [4.78, 5) is 29.6. The molecule has 7 nitrogen and oxygen atoms in total. The van der Waals surface area contributed by atoms with E-state index in [0.29, 0.717) is 40.8 Å². The number of aliphatic hydroxyl groups excluding tert-OH is 1. The summed E-state index contributed by atoms with van der Waals surface area (Å²) < 4.78 is 6.21. The number of halogens is 1. The Morgan fingerprint density at radius 2 is 2.19 bits per heavy atom. The molecule has 140 valence electrons. The summed E-state index contributed by atoms with van der Waals surface area (Å²) in [5.41, 5.74) is 1.21. The van der Waals surface area contributed by atoms with Crippen LogP contribution in [0.3, 0.4) is 0 Å². The number of carbonyl (C=O) groups excluding carboxylic acids is 1. The molecular formula is C18H22ClN3O4. The van der Waals surface area contributed by atoms with Gasteiger partial charge in [-0.05, 0) is 19.1 Å². The van der Waals surface area contributed by atoms with Gasteiger partial charge in [0, 0.05) is 48.5 Å². The molecule has 0 aliphatic heterocycles. The summed E-state index contributed by atoms with van der Waals surface area (Å²) in [6.45, 7) is 2.08. The van der Waals surface area contributed by atoms with Gasteiger partial charge in [-0.2, -0.15) is 0 Å². The lowest BCUT2D eigenvalue weighted by Crippen LogP contribution is -2.36. The second kappa shape index (κ2) is 9.47. The highest BCUT2D eigenvalue weighted by Gasteiger charge is 2.17. The molecule has 0 aliphatic rings. The fourth-order valence-electron chi connectivity index (χ4n) is 2.59. The van der Waals surface area contributed by atoms with Crippen molar-refractivity contribution in [3.63, 3.8) is 0 Å². The Balaban J connectivity index is 2.49. The number of rotatable bonds is 8. The number of aliphatic hydroxyl groups is 1. The highest BCUT2D eigenvalue weighted by molar-refractivity contribution is 6.30. The summed E-state index contributed by atoms with van der Waals surface area (Å²) in [6.07, 6.45) is 0.179. The van der Waals surface area contributed by atoms with Gasteiger partial charge in [-0.3, -0.25) is 14.2 Å². The fourth-order valence-corrected chi connectivity index (χ4v) is 2.78. The molecule has 0 spiro atoms. The predicted octanol–water partition coefficient (Wildman–Crippen LogP) is 1.17. The van der Waals surface area contributed by atoms with Crippen molar-refractivity contribution in [2.45, 2.75) is 19.9 Å². The summed E-state index contributed by atoms with van der Waals surface area (Å²) in [5.74, 6) is 0.0339. The van der Waals surface area contributed by atoms with E-state index in [1.165, 1.54) is 4.57 Å². The van der Waals surface area contributed by atoms with Gasteiger partial charge in [0.15, 0.2) is 0 Å². The Morgan fingerprint density at radius 1 is 1.42 bits per heavy atom. The molecule has 1 heterocycles. The van der Waals surface area contributed by atoms with E-state index in [4.69, 9.17) is 16.3 Å². The normalized spacial score (nSPS) is 10.8. The molecule has 0 radical (unpaired) electrons. The Kier molecular flexibility index (Phi) is 7.32. The van der Waals surface area contributed by atoms with Gasteiger partial charge in [0.25, 0.3) is 5.56 Å². The smallest absolute Gasteiger partial charge is 0.257 e. The predicted molar refractivity (Wildman–Crippen MR) is 99.4 cm³/mol. The van der Waals surface area contributed by atoms with Crippen molar-refractivity contribution in [1.82, 2.24) is 14.9 Å². The Morgan fingerprint density at radius 3 is 2.85 bits per heavy atom. The molecule has 0 fully saturated rings. The molecule has 1 aromatic carbocycles. The topological polar surface area (TPSA) is 93.4 Å². The van der Waals surface area contributed by atoms with Gasteiger partial charge in [0.2, 0.25) is 5.91 Å². The number of carbonyl (C=O) groups is 1. The number of aryl methyl sites for hydroxylation is 1. The number of hydrogen-bond acceptors (Lipinski definition) is 5. The van der Waals surface area contributed by atoms with Gasteiger partial charge in [0.05, 0.1) is 6.61 Å². The van der Waals surface area contributed by atoms with Crippen LogP contribution in [0.5, 0.6) is 0 Å². The van der Waals surface area contributed by atoms with Crippen LogP contribution in [-0.2, 0) is 22.5 Å². The minimum absolute atomic E-state index is 0.172. The maximum absolute atomic E-state index is 12.9. The van der Waals surface area contributed by atoms with E-state index in [1.807, 2.05) is 0 Å². The maximum Gasteiger partial charge on any atom is 0.257 e. The summed E-state index contributed by atoms with van der Waals surface area (Å²) in [6, 6.07) is 6.94. The number of hydrogen-bond donors (Lipinski definition) is 2. The first-order chi connectivity index (χ1) is 12.5. The molecule has 2 aromatic rings. The largest absolute Gasteiger partial charge is 0.396 e. The molecule has 0 saturated heterocycles. The SMILES string of the molecule is COCCNC(=O)Cn1c(-c2cccc(Cl)c2)nc(C)c(CCO)c1=O. The van der Waals surface area contributed by atoms with E-state index >= 15 is 0 Å². The van der Waals surface area contributed by atoms with Gasteiger partial charge >= 0.3 is 0 Å². The van der Waals surface area contributed by atoms with Crippen LogP contribution in [0.4, 0.5) is 0 Å². The average molecular weight is 380 g/mol. The van der Waals surface area contributed by atoms with E-state index in [0.717, 1.165) is 0 Å². The lowest BCUT2D eigenvalue weighted by molar-refractivity contribution is -0.121. The second-order valence-corrected chi connectivity index (χ2v) is 6.15. The van der Waals surface area contributed by atoms with E-state index in [9.17, 15) is 14.7 Å². The molecule has 0 unspecified atom stereocenters. The van der Waals surface area contributed by atoms with Gasteiger partial charge < -0.3 is 15.2 Å². The second-order valence-electron chi connectivity index (χ2n) is 5.72. The monoisotopic (exact) mass is 379 g/mol. The third-order valence-corrected chi connectivity index (χ3v) is 4.08. The number of nitrogens with one attached hydrogen (secondary N) is 1. The lowest BCUT2D eigenvalue weighted by Gasteiger charge is -2.16. The Labute approximate surface area is 156 Å². The van der Waals surface area contributed by atoms with E-state index in [1.54, 1.807) is 38.3 Å². The van der Waals surface area contributed by atoms with Crippen LogP contribution < -0.4 is 10.9 Å². The maximum atomic E-state index is 12.9. The molecule has 2 rings (SSSR count). The zero-order chi connectivity index (χ0) is 19.1. The molecule has 0 aliphatic carbocycles. The van der Waals surface area contributed by atoms with Crippen molar-refractivity contribution in [1.29, 1.82) is 0 Å². The number of benzene rings is 1. The number of aromatic nitrogens is 2. The van der Waals surface area contributed by atoms with Gasteiger partial charge in [-0.1, -0.05) is 23.7 Å². The summed E-state index contributed by atoms with van der Waals surface area (Å²) >= 11 is 6.06. The average Bonchev–Trinajstić information content (AvgIpc) is 2.61. The Bertz CT molecular complexity index is 836. The molecule has 1 aromatic heterocycles. The summed E-state index contributed by atoms with van der Waals surface area (Å²) in [7, 11) is 1.54. The minimum Gasteiger partial charge on any atom is -0.396 e. The van der Waals surface area contributed by atoms with Crippen LogP contribution in [0.15, 0.2) is 29.1 Å². The van der Waals surface area contributed by atoms with E-state index < -0.39 is 0 Å². The molecular weight excluding hydrogens is 358 g/mol. The highest BCUT2D eigenvalue weighted by atomic mass is 35.5. The third-order valence-electron chi connectivity index (χ3n) is 3.84. The van der Waals surface area contributed by atoms with Gasteiger partial charge in [-0.25, -0.2) is 4.98 Å². The van der Waals surface area contributed by atoms with Crippen LogP contribution >= 0.6 is 11.6 Å². The first-order valence-corrected chi connectivity index (χ1v) is 8.58. The van der Waals surface area contributed by atoms with E-state index in [-0.39, 0.29) is 31.0 Å². The standard InChI is InChI=1S/C18H22ClN3O4/c1-12-15(6-8-23)18(25)22(11-16(24)20-7-9-26-2)17(21-12)13-4-3-5-14(19)10-13/h3-5,10,23H,6-9,11H2,1-2H3,(H,20,24). The van der Waals surface area contributed by atoms with Crippen molar-refractivity contribution >= 4 is 17.5 Å². The zero-order valence-corrected chi connectivity index (χ0v) is 15.5. The zero-order valence-electron chi connectivity index (χ0n) is 14.8. The third kappa shape index (κ3) is 4.91. The number of methoxy groups -OCH3 is 1. The van der Waals surface area contributed by atoms with Crippen molar-refractivity contribution in [2.75, 3.05) is 26.9 Å². The first kappa shape index (κ1) is 20.1. The Hall–Kier alpha value is -2.22. The minimum atomic E-state index is -0.344. The highest BCUT2D eigenvalue weighted by Crippen LogP contribution is 2.21. The van der Waals surface area contributed by atoms with Crippen LogP contribution in [0.2, 0.25) is 5.02 Å². The van der Waals surface area contributed by atoms with Gasteiger partial charge in [0.1, 0.15) is 12.4 Å². The fraction of sp³-hybridized carbons (Fsp3) is 0.389. The molecule has 26 heavy (non-hydrogen) atoms. The lowest BCUT2D eigenvalue weighted by atomic mass is 10.1. The van der Waals surface area contributed by atoms with Crippen LogP contribution in [0.1, 0.15) is 11.3 Å². The molecule has 8 heteroatoms. The van der Waals surface area contributed by atoms with Crippen molar-refractivity contribution in [3.8, 4) is 11.4 Å². The number of ether oxygens (including phenoxy) is 1. The molecule has 0 bridgehead atoms. The van der Waals surface area contributed by atoms with Crippen LogP contribution in [-0.4, -0.2) is 47.4 Å². The molecule has 1 amide bonds. The molecule has 0 atom stereocenters. The van der Waals surface area contributed by atoms with Crippen LogP contribution in [0.25, 0.3) is 11.4 Å². The number of amides is 1. The van der Waals surface area contributed by atoms with Crippen molar-refractivity contribution in [2.24, 2.45) is 0 Å². The number of nitrogens with zero attached hydrogens (tertiary/aromatic N) is 2. The summed E-state index contributed by atoms with van der Waals surface area (Å²) in [5, 5.41) is 12.4. The molecule has 0 saturated carbocycles. The van der Waals surface area contributed by atoms with Crippen molar-refractivity contribution in [3.05, 3.63) is 50.9 Å². The van der Waals surface area contributed by atoms with Gasteiger partial charge in [-0.15, -0.1) is 0 Å². The van der Waals surface area contributed by atoms with E-state index in [2.05, 4.69) is 10.3 Å². The molecule has 2 N–H and O–H groups in total. The van der Waals surface area contributed by atoms with Crippen LogP contribution in [0, 0.1) is 6.92 Å². The first-order valence-electron chi connectivity index (χ1n) is 8.20. The van der Waals surface area contributed by atoms with Crippen molar-refractivity contribution < 1.29 is 14.6 Å². The quantitative estimate of drug-likeness (QED) is 0.671.